The molecule has 0 spiro atoms. The summed E-state index contributed by atoms with van der Waals surface area (Å²) in [7, 11) is -1.87. The number of benzene rings is 9. The molecule has 0 fully saturated rings. The van der Waals surface area contributed by atoms with Crippen molar-refractivity contribution in [1.29, 1.82) is 0 Å². The van der Waals surface area contributed by atoms with Crippen LogP contribution in [0, 0.1) is 0 Å². The SMILES string of the molecule is C=CCCCCCCCCOc1ccc(C=Cc2ccc(C=Cc3ccc(OCCCCCCCC)cc3)cc2)cc1.C=CCCCCCCCCOc1ccc(C=Cc2ccc(C=O)cc2)cc1.CCCCCCCCOc1ccc(C[P+](c2ccccc2)(c2ccccc2)c2ccccc2)cc1.CC[O-].[Br-].[Na+]. The normalized spacial score (nSPS) is 10.9. The van der Waals surface area contributed by atoms with Gasteiger partial charge < -0.3 is 41.0 Å². The Morgan fingerprint density at radius 3 is 0.771 bits per heavy atom. The van der Waals surface area contributed by atoms with E-state index in [1.807, 2.05) is 54.6 Å². The molecule has 0 aliphatic rings. The number of rotatable bonds is 48. The molecule has 9 heteroatoms. The van der Waals surface area contributed by atoms with Crippen LogP contribution in [0.2, 0.25) is 0 Å². The van der Waals surface area contributed by atoms with Crippen LogP contribution in [0.4, 0.5) is 0 Å². The second-order valence-corrected chi connectivity index (χ2v) is 30.9. The first kappa shape index (κ1) is 93.8. The van der Waals surface area contributed by atoms with Crippen LogP contribution in [0.25, 0.3) is 36.5 Å². The van der Waals surface area contributed by atoms with E-state index in [9.17, 15) is 4.79 Å². The van der Waals surface area contributed by atoms with E-state index in [0.717, 1.165) is 112 Å². The van der Waals surface area contributed by atoms with Crippen molar-refractivity contribution in [2.45, 2.75) is 194 Å². The van der Waals surface area contributed by atoms with Gasteiger partial charge in [0.1, 0.15) is 52.5 Å². The van der Waals surface area contributed by atoms with Gasteiger partial charge in [-0.3, -0.25) is 4.79 Å². The summed E-state index contributed by atoms with van der Waals surface area (Å²) in [5, 5.41) is 13.2. The molecule has 0 saturated carbocycles. The van der Waals surface area contributed by atoms with E-state index in [-0.39, 0.29) is 53.1 Å². The Morgan fingerprint density at radius 2 is 0.523 bits per heavy atom. The van der Waals surface area contributed by atoms with Gasteiger partial charge in [0.05, 0.1) is 32.6 Å². The Labute approximate surface area is 692 Å². The van der Waals surface area contributed by atoms with Crippen LogP contribution in [0.3, 0.4) is 0 Å². The maximum Gasteiger partial charge on any atom is 1.00 e. The van der Waals surface area contributed by atoms with Gasteiger partial charge >= 0.3 is 29.6 Å². The first-order chi connectivity index (χ1) is 52.8. The molecular weight excluding hydrogens is 1430 g/mol. The van der Waals surface area contributed by atoms with Crippen LogP contribution in [-0.2, 0) is 6.16 Å². The first-order valence-electron chi connectivity index (χ1n) is 40.3. The Balaban J connectivity index is 0.000000343. The molecular formula is C100H125BrNaO6P. The summed E-state index contributed by atoms with van der Waals surface area (Å²) >= 11 is 0. The molecule has 0 saturated heterocycles. The smallest absolute Gasteiger partial charge is 1.00 e. The van der Waals surface area contributed by atoms with Crippen molar-refractivity contribution in [3.05, 3.63) is 306 Å². The van der Waals surface area contributed by atoms with Crippen molar-refractivity contribution < 1.29 is 75.4 Å². The monoisotopic (exact) mass is 1550 g/mol. The van der Waals surface area contributed by atoms with Crippen LogP contribution >= 0.6 is 7.26 Å². The van der Waals surface area contributed by atoms with E-state index in [1.54, 1.807) is 6.92 Å². The third kappa shape index (κ3) is 39.8. The standard InChI is InChI=1S/C40H52O2.C33H38OP.C25H30O2.C2H5O.BrH.Na/c1-3-5-7-9-11-12-14-16-34-42-40-31-27-38(28-32-40)24-22-36-19-17-35(18-20-36)21-23-37-25-29-39(30-26-37)41-33-15-13-10-8-6-4-2;1-2-3-4-5-6-16-27-34-30-25-23-29(24-26-30)28-35(31-17-10-7-11-18-31,32-19-12-8-13-20-32)33-21-14-9-15-22-33;1-2-3-4-5-6-7-8-9-20-27-25-18-16-23(17-19-25)11-10-22-12-14-24(21-26)15-13-22;1-2-3;;/h3,17-32H,1,4-16,33-34H2,2H3;7-15,17-26H,2-6,16,27-28H2,1H3;2,10-19,21H,1,3-9,20H2;2H2,1H3;1H;/q;+1;;-1;;+1/p-1. The molecule has 0 aliphatic carbocycles. The second kappa shape index (κ2) is 61.1. The second-order valence-electron chi connectivity index (χ2n) is 27.4. The number of allylic oxidation sites excluding steroid dienone is 2. The van der Waals surface area contributed by atoms with Gasteiger partial charge in [-0.05, 0) is 175 Å². The molecule has 0 unspecified atom stereocenters. The van der Waals surface area contributed by atoms with Gasteiger partial charge in [-0.1, -0.05) is 337 Å². The largest absolute Gasteiger partial charge is 1.00 e. The molecule has 574 valence electrons. The number of hydrogen-bond acceptors (Lipinski definition) is 6. The average molecular weight is 1560 g/mol. The number of carbonyl (C=O) groups excluding carboxylic acids is 1. The fraction of sp³-hybridized carbons (Fsp3) is 0.350. The first-order valence-corrected chi connectivity index (χ1v) is 42.2. The maximum absolute atomic E-state index is 10.7. The predicted octanol–water partition coefficient (Wildman–Crippen LogP) is 20.3. The quantitative estimate of drug-likeness (QED) is 0.00944. The van der Waals surface area contributed by atoms with E-state index in [1.165, 1.54) is 172 Å². The van der Waals surface area contributed by atoms with Crippen LogP contribution < -0.4 is 86.5 Å². The third-order valence-electron chi connectivity index (χ3n) is 18.7. The number of unbranched alkanes of at least 4 members (excludes halogenated alkanes) is 22. The molecule has 109 heavy (non-hydrogen) atoms. The summed E-state index contributed by atoms with van der Waals surface area (Å²) in [5.41, 5.74) is 8.96. The van der Waals surface area contributed by atoms with E-state index in [4.69, 9.17) is 24.1 Å². The summed E-state index contributed by atoms with van der Waals surface area (Å²) in [6.45, 7) is 16.8. The third-order valence-corrected chi connectivity index (χ3v) is 23.0. The molecule has 0 heterocycles. The number of aldehydes is 1. The Hall–Kier alpha value is -7.58. The predicted molar refractivity (Wildman–Crippen MR) is 464 cm³/mol. The fourth-order valence-electron chi connectivity index (χ4n) is 12.5. The van der Waals surface area contributed by atoms with Crippen molar-refractivity contribution in [1.82, 2.24) is 0 Å². The summed E-state index contributed by atoms with van der Waals surface area (Å²) in [6.07, 6.45) is 51.4. The maximum atomic E-state index is 10.7. The van der Waals surface area contributed by atoms with Gasteiger partial charge in [0.2, 0.25) is 0 Å². The summed E-state index contributed by atoms with van der Waals surface area (Å²) in [6, 6.07) is 83.2. The summed E-state index contributed by atoms with van der Waals surface area (Å²) in [4.78, 5) is 10.7. The Bertz CT molecular complexity index is 3690. The van der Waals surface area contributed by atoms with E-state index >= 15 is 0 Å². The van der Waals surface area contributed by atoms with Gasteiger partial charge in [0, 0.05) is 5.56 Å². The molecule has 6 nitrogen and oxygen atoms in total. The number of halogens is 1. The fourth-order valence-corrected chi connectivity index (χ4v) is 16.7. The summed E-state index contributed by atoms with van der Waals surface area (Å²) < 4.78 is 23.7. The van der Waals surface area contributed by atoms with Gasteiger partial charge in [0.15, 0.2) is 0 Å². The molecule has 0 radical (unpaired) electrons. The van der Waals surface area contributed by atoms with Gasteiger partial charge in [0.25, 0.3) is 0 Å². The molecule has 9 aromatic rings. The van der Waals surface area contributed by atoms with Gasteiger partial charge in [-0.15, -0.1) is 19.8 Å². The minimum absolute atomic E-state index is 0. The zero-order chi connectivity index (χ0) is 75.6. The van der Waals surface area contributed by atoms with Crippen LogP contribution in [0.1, 0.15) is 237 Å². The van der Waals surface area contributed by atoms with Gasteiger partial charge in [-0.25, -0.2) is 0 Å². The van der Waals surface area contributed by atoms with Crippen molar-refractivity contribution in [2.24, 2.45) is 0 Å². The molecule has 9 rings (SSSR count). The molecule has 0 atom stereocenters. The molecule has 0 amide bonds. The van der Waals surface area contributed by atoms with E-state index in [0.29, 0.717) is 5.56 Å². The zero-order valence-electron chi connectivity index (χ0n) is 66.5. The molecule has 0 bridgehead atoms. The average Bonchev–Trinajstić information content (AvgIpc) is 0.753. The van der Waals surface area contributed by atoms with Gasteiger partial charge in [-0.2, -0.15) is 0 Å². The Kier molecular flexibility index (Phi) is 52.6. The van der Waals surface area contributed by atoms with E-state index < -0.39 is 7.26 Å². The van der Waals surface area contributed by atoms with Crippen molar-refractivity contribution in [3.63, 3.8) is 0 Å². The minimum atomic E-state index is -1.87. The van der Waals surface area contributed by atoms with Crippen LogP contribution in [0.5, 0.6) is 23.0 Å². The van der Waals surface area contributed by atoms with Crippen molar-refractivity contribution >= 4 is 65.9 Å². The minimum Gasteiger partial charge on any atom is -1.00 e. The number of hydrogen-bond donors (Lipinski definition) is 0. The molecule has 0 N–H and O–H groups in total. The number of ether oxygens (including phenoxy) is 4. The summed E-state index contributed by atoms with van der Waals surface area (Å²) in [5.74, 6) is 3.80. The van der Waals surface area contributed by atoms with E-state index in [2.05, 4.69) is 258 Å². The molecule has 9 aromatic carbocycles. The van der Waals surface area contributed by atoms with Crippen molar-refractivity contribution in [2.75, 3.05) is 33.0 Å². The Morgan fingerprint density at radius 1 is 0.303 bits per heavy atom. The van der Waals surface area contributed by atoms with Crippen LogP contribution in [-0.4, -0.2) is 39.3 Å². The van der Waals surface area contributed by atoms with Crippen molar-refractivity contribution in [3.8, 4) is 23.0 Å². The number of carbonyl (C=O) groups is 1. The molecule has 0 aliphatic heterocycles. The van der Waals surface area contributed by atoms with Crippen LogP contribution in [0.15, 0.2) is 262 Å². The molecule has 0 aromatic heterocycles. The zero-order valence-corrected chi connectivity index (χ0v) is 71.0. The topological polar surface area (TPSA) is 77.1 Å².